The van der Waals surface area contributed by atoms with E-state index >= 15 is 0 Å². The van der Waals surface area contributed by atoms with Gasteiger partial charge in [0.2, 0.25) is 0 Å². The van der Waals surface area contributed by atoms with Crippen LogP contribution in [0, 0.1) is 20.8 Å². The van der Waals surface area contributed by atoms with Crippen molar-refractivity contribution in [2.24, 2.45) is 0 Å². The summed E-state index contributed by atoms with van der Waals surface area (Å²) >= 11 is 0. The first kappa shape index (κ1) is 34.1. The van der Waals surface area contributed by atoms with Gasteiger partial charge in [-0.05, 0) is 132 Å². The van der Waals surface area contributed by atoms with Crippen molar-refractivity contribution < 1.29 is 0 Å². The average Bonchev–Trinajstić information content (AvgIpc) is 3.13. The highest BCUT2D eigenvalue weighted by Gasteiger charge is 2.36. The predicted octanol–water partition coefficient (Wildman–Crippen LogP) is 13.7. The molecule has 0 N–H and O–H groups in total. The van der Waals surface area contributed by atoms with Gasteiger partial charge in [-0.25, -0.2) is 0 Å². The van der Waals surface area contributed by atoms with Crippen molar-refractivity contribution in [2.75, 3.05) is 9.80 Å². The second kappa shape index (κ2) is 15.2. The summed E-state index contributed by atoms with van der Waals surface area (Å²) in [6, 6.07) is 45.6. The van der Waals surface area contributed by atoms with E-state index in [1.165, 1.54) is 99.6 Å². The molecular weight excluding hydrogens is 593 g/mol. The van der Waals surface area contributed by atoms with Crippen LogP contribution in [0.5, 0.6) is 0 Å². The van der Waals surface area contributed by atoms with Gasteiger partial charge in [0.1, 0.15) is 0 Å². The molecule has 0 heterocycles. The van der Waals surface area contributed by atoms with Crippen LogP contribution in [0.25, 0.3) is 0 Å². The number of aryl methyl sites for hydroxylation is 3. The van der Waals surface area contributed by atoms with Gasteiger partial charge in [-0.1, -0.05) is 115 Å². The Kier molecular flexibility index (Phi) is 10.5. The topological polar surface area (TPSA) is 6.48 Å². The number of allylic oxidation sites excluding steroid dienone is 4. The first-order valence-corrected chi connectivity index (χ1v) is 18.1. The fraction of sp³-hybridized carbons (Fsp3) is 0.277. The summed E-state index contributed by atoms with van der Waals surface area (Å²) < 4.78 is 0. The van der Waals surface area contributed by atoms with Gasteiger partial charge in [0, 0.05) is 39.5 Å². The van der Waals surface area contributed by atoms with Crippen LogP contribution in [-0.4, -0.2) is 0 Å². The highest BCUT2D eigenvalue weighted by atomic mass is 15.1. The molecular formula is C47H52N2. The Labute approximate surface area is 295 Å². The third-order valence-electron chi connectivity index (χ3n) is 10.2. The van der Waals surface area contributed by atoms with Crippen molar-refractivity contribution in [1.29, 1.82) is 0 Å². The van der Waals surface area contributed by atoms with Crippen molar-refractivity contribution in [3.63, 3.8) is 0 Å². The van der Waals surface area contributed by atoms with Gasteiger partial charge in [0.15, 0.2) is 0 Å². The molecule has 0 radical (unpaired) electrons. The van der Waals surface area contributed by atoms with Crippen LogP contribution in [0.2, 0.25) is 0 Å². The molecule has 0 unspecified atom stereocenters. The summed E-state index contributed by atoms with van der Waals surface area (Å²) in [4.78, 5) is 4.80. The van der Waals surface area contributed by atoms with Crippen molar-refractivity contribution in [2.45, 2.75) is 85.5 Å². The van der Waals surface area contributed by atoms with E-state index in [-0.39, 0.29) is 5.41 Å². The van der Waals surface area contributed by atoms with Gasteiger partial charge in [0.05, 0.1) is 0 Å². The fourth-order valence-electron chi connectivity index (χ4n) is 7.38. The molecule has 6 rings (SSSR count). The van der Waals surface area contributed by atoms with Crippen molar-refractivity contribution in [1.82, 2.24) is 0 Å². The predicted molar refractivity (Wildman–Crippen MR) is 212 cm³/mol. The van der Waals surface area contributed by atoms with Crippen molar-refractivity contribution in [3.05, 3.63) is 173 Å². The Morgan fingerprint density at radius 3 is 1.27 bits per heavy atom. The standard InChI is InChI=1S/C47H52N2/c1-7-41(22-11-35(2)3)48(42-23-12-36(4)13-24-42)45-29-18-39(19-30-45)47(33-9-8-10-34-47)40-20-31-46(32-21-40)49(43-25-14-37(5)15-26-43)44-27-16-38(6)17-28-44/h11-32H,7-10,33-34H2,1-6H3/b41-22+. The lowest BCUT2D eigenvalue weighted by atomic mass is 9.65. The normalized spacial score (nSPS) is 14.3. The quantitative estimate of drug-likeness (QED) is 0.140. The average molecular weight is 645 g/mol. The zero-order valence-corrected chi connectivity index (χ0v) is 30.3. The lowest BCUT2D eigenvalue weighted by Gasteiger charge is -2.39. The number of benzene rings is 5. The number of nitrogens with zero attached hydrogens (tertiary/aromatic N) is 2. The molecule has 5 aromatic rings. The SMILES string of the molecule is CC/C(=C\C=C(C)C)N(c1ccc(C)cc1)c1ccc(C2(c3ccc(N(c4ccc(C)cc4)c4ccc(C)cc4)cc3)CCCCC2)cc1. The lowest BCUT2D eigenvalue weighted by Crippen LogP contribution is -2.30. The number of anilines is 5. The molecule has 2 nitrogen and oxygen atoms in total. The van der Waals surface area contributed by atoms with Crippen LogP contribution >= 0.6 is 0 Å². The van der Waals surface area contributed by atoms with Crippen LogP contribution < -0.4 is 9.80 Å². The third-order valence-corrected chi connectivity index (χ3v) is 10.2. The van der Waals surface area contributed by atoms with Crippen LogP contribution in [0.15, 0.2) is 145 Å². The Morgan fingerprint density at radius 2 is 0.878 bits per heavy atom. The Hall–Kier alpha value is -4.82. The minimum atomic E-state index is 0.00797. The van der Waals surface area contributed by atoms with E-state index in [0.29, 0.717) is 0 Å². The minimum absolute atomic E-state index is 0.00797. The molecule has 0 bridgehead atoms. The second-order valence-corrected chi connectivity index (χ2v) is 14.2. The molecule has 0 aromatic heterocycles. The first-order chi connectivity index (χ1) is 23.8. The van der Waals surface area contributed by atoms with E-state index in [1.54, 1.807) is 0 Å². The van der Waals surface area contributed by atoms with Crippen molar-refractivity contribution in [3.8, 4) is 0 Å². The van der Waals surface area contributed by atoms with Gasteiger partial charge in [0.25, 0.3) is 0 Å². The Morgan fingerprint density at radius 1 is 0.510 bits per heavy atom. The molecule has 1 saturated carbocycles. The highest BCUT2D eigenvalue weighted by molar-refractivity contribution is 5.77. The number of hydrogen-bond acceptors (Lipinski definition) is 2. The molecule has 0 atom stereocenters. The van der Waals surface area contributed by atoms with Crippen LogP contribution in [0.4, 0.5) is 28.4 Å². The zero-order valence-electron chi connectivity index (χ0n) is 30.3. The van der Waals surface area contributed by atoms with Gasteiger partial charge >= 0.3 is 0 Å². The third kappa shape index (κ3) is 7.60. The molecule has 1 aliphatic carbocycles. The molecule has 250 valence electrons. The summed E-state index contributed by atoms with van der Waals surface area (Å²) in [5, 5.41) is 0. The van der Waals surface area contributed by atoms with Crippen LogP contribution in [0.1, 0.15) is 87.1 Å². The Balaban J connectivity index is 1.38. The molecule has 0 aliphatic heterocycles. The Bertz CT molecular complexity index is 1820. The van der Waals surface area contributed by atoms with E-state index in [4.69, 9.17) is 0 Å². The number of hydrogen-bond donors (Lipinski definition) is 0. The van der Waals surface area contributed by atoms with E-state index in [0.717, 1.165) is 6.42 Å². The molecule has 0 saturated heterocycles. The van der Waals surface area contributed by atoms with E-state index < -0.39 is 0 Å². The maximum Gasteiger partial charge on any atom is 0.0461 e. The molecule has 1 fully saturated rings. The smallest absolute Gasteiger partial charge is 0.0461 e. The van der Waals surface area contributed by atoms with Gasteiger partial charge in [-0.3, -0.25) is 0 Å². The van der Waals surface area contributed by atoms with E-state index in [2.05, 4.69) is 185 Å². The molecule has 1 aliphatic rings. The minimum Gasteiger partial charge on any atom is -0.314 e. The zero-order chi connectivity index (χ0) is 34.4. The largest absolute Gasteiger partial charge is 0.314 e. The monoisotopic (exact) mass is 644 g/mol. The fourth-order valence-corrected chi connectivity index (χ4v) is 7.38. The summed E-state index contributed by atoms with van der Waals surface area (Å²) in [5.74, 6) is 0. The van der Waals surface area contributed by atoms with Gasteiger partial charge in [-0.2, -0.15) is 0 Å². The summed E-state index contributed by atoms with van der Waals surface area (Å²) in [6.45, 7) is 13.0. The maximum atomic E-state index is 2.43. The van der Waals surface area contributed by atoms with E-state index in [1.807, 2.05) is 0 Å². The summed E-state index contributed by atoms with van der Waals surface area (Å²) in [7, 11) is 0. The molecule has 5 aromatic carbocycles. The molecule has 0 spiro atoms. The van der Waals surface area contributed by atoms with Crippen LogP contribution in [-0.2, 0) is 5.41 Å². The maximum absolute atomic E-state index is 2.43. The summed E-state index contributed by atoms with van der Waals surface area (Å²) in [6.07, 6.45) is 11.6. The molecule has 2 heteroatoms. The van der Waals surface area contributed by atoms with Gasteiger partial charge < -0.3 is 9.80 Å². The van der Waals surface area contributed by atoms with Crippen LogP contribution in [0.3, 0.4) is 0 Å². The molecule has 0 amide bonds. The lowest BCUT2D eigenvalue weighted by molar-refractivity contribution is 0.346. The first-order valence-electron chi connectivity index (χ1n) is 18.1. The van der Waals surface area contributed by atoms with Gasteiger partial charge in [-0.15, -0.1) is 0 Å². The van der Waals surface area contributed by atoms with Crippen molar-refractivity contribution >= 4 is 28.4 Å². The molecule has 49 heavy (non-hydrogen) atoms. The highest BCUT2D eigenvalue weighted by Crippen LogP contribution is 2.47. The summed E-state index contributed by atoms with van der Waals surface area (Å²) in [5.41, 5.74) is 15.2. The van der Waals surface area contributed by atoms with E-state index in [9.17, 15) is 0 Å². The number of rotatable bonds is 10. The second-order valence-electron chi connectivity index (χ2n) is 14.2.